The maximum atomic E-state index is 12.9. The summed E-state index contributed by atoms with van der Waals surface area (Å²) in [5.41, 5.74) is 1.12. The number of nitrogens with zero attached hydrogens (tertiary/aromatic N) is 1. The zero-order chi connectivity index (χ0) is 24.9. The summed E-state index contributed by atoms with van der Waals surface area (Å²) in [5, 5.41) is 15.8. The molecule has 196 valence electrons. The van der Waals surface area contributed by atoms with Gasteiger partial charge in [0.05, 0.1) is 26.4 Å². The van der Waals surface area contributed by atoms with Crippen LogP contribution in [0.2, 0.25) is 0 Å². The number of aliphatic hydroxyl groups is 1. The molecule has 2 N–H and O–H groups in total. The molecule has 2 aliphatic heterocycles. The van der Waals surface area contributed by atoms with Gasteiger partial charge in [-0.3, -0.25) is 9.59 Å². The van der Waals surface area contributed by atoms with E-state index in [-0.39, 0.29) is 36.0 Å². The lowest BCUT2D eigenvalue weighted by Crippen LogP contribution is -2.39. The molecule has 1 saturated heterocycles. The van der Waals surface area contributed by atoms with Crippen molar-refractivity contribution >= 4 is 23.2 Å². The fourth-order valence-electron chi connectivity index (χ4n) is 4.39. The maximum Gasteiger partial charge on any atom is 0.286 e. The monoisotopic (exact) mass is 510 g/mol. The molecule has 2 aliphatic rings. The van der Waals surface area contributed by atoms with Crippen LogP contribution in [-0.2, 0) is 28.5 Å². The molecule has 2 amide bonds. The van der Waals surface area contributed by atoms with Crippen molar-refractivity contribution in [1.82, 2.24) is 10.2 Å². The van der Waals surface area contributed by atoms with E-state index in [1.54, 1.807) is 11.3 Å². The van der Waals surface area contributed by atoms with Crippen LogP contribution in [0.3, 0.4) is 0 Å². The Hall–Kier alpha value is -1.98. The molecule has 0 aliphatic carbocycles. The lowest BCUT2D eigenvalue weighted by atomic mass is 9.82. The van der Waals surface area contributed by atoms with E-state index in [2.05, 4.69) is 16.8 Å². The van der Waals surface area contributed by atoms with E-state index in [1.165, 1.54) is 0 Å². The average molecular weight is 511 g/mol. The van der Waals surface area contributed by atoms with Crippen molar-refractivity contribution in [2.24, 2.45) is 5.92 Å². The number of hydrogen-bond acceptors (Lipinski definition) is 8. The smallest absolute Gasteiger partial charge is 0.286 e. The Labute approximate surface area is 211 Å². The Morgan fingerprint density at radius 2 is 2.11 bits per heavy atom. The van der Waals surface area contributed by atoms with E-state index in [0.29, 0.717) is 65.4 Å². The molecular weight excluding hydrogens is 472 g/mol. The van der Waals surface area contributed by atoms with E-state index >= 15 is 0 Å². The van der Waals surface area contributed by atoms with Crippen LogP contribution in [0, 0.1) is 5.92 Å². The molecule has 10 heteroatoms. The lowest BCUT2D eigenvalue weighted by Gasteiger charge is -2.36. The zero-order valence-electron chi connectivity index (χ0n) is 20.5. The fourth-order valence-corrected chi connectivity index (χ4v) is 5.10. The summed E-state index contributed by atoms with van der Waals surface area (Å²) in [6.07, 6.45) is 4.27. The second-order valence-corrected chi connectivity index (χ2v) is 9.33. The van der Waals surface area contributed by atoms with Crippen LogP contribution in [0.15, 0.2) is 28.7 Å². The number of carbonyl (C=O) groups is 2. The van der Waals surface area contributed by atoms with Crippen molar-refractivity contribution in [2.75, 3.05) is 59.3 Å². The first-order valence-corrected chi connectivity index (χ1v) is 13.4. The van der Waals surface area contributed by atoms with Gasteiger partial charge >= 0.3 is 0 Å². The third-order valence-electron chi connectivity index (χ3n) is 6.13. The highest BCUT2D eigenvalue weighted by Gasteiger charge is 2.38. The normalized spacial score (nSPS) is 22.2. The highest BCUT2D eigenvalue weighted by atomic mass is 32.1. The fraction of sp³-hybridized carbons (Fsp3) is 0.680. The summed E-state index contributed by atoms with van der Waals surface area (Å²) in [6, 6.07) is 2.07. The first kappa shape index (κ1) is 27.6. The number of thiophene rings is 1. The molecule has 1 aromatic rings. The summed E-state index contributed by atoms with van der Waals surface area (Å²) in [4.78, 5) is 26.5. The van der Waals surface area contributed by atoms with Crippen molar-refractivity contribution < 1.29 is 33.6 Å². The van der Waals surface area contributed by atoms with Crippen LogP contribution in [0.4, 0.5) is 0 Å². The van der Waals surface area contributed by atoms with Crippen molar-refractivity contribution in [3.8, 4) is 0 Å². The van der Waals surface area contributed by atoms with Gasteiger partial charge in [-0.1, -0.05) is 0 Å². The molecule has 9 nitrogen and oxygen atoms in total. The molecule has 35 heavy (non-hydrogen) atoms. The quantitative estimate of drug-likeness (QED) is 0.329. The molecule has 0 unspecified atom stereocenters. The number of allylic oxidation sites excluding steroid dienone is 1. The Bertz CT molecular complexity index is 802. The van der Waals surface area contributed by atoms with Crippen molar-refractivity contribution in [3.63, 3.8) is 0 Å². The Morgan fingerprint density at radius 3 is 2.80 bits per heavy atom. The van der Waals surface area contributed by atoms with Crippen LogP contribution in [0.1, 0.15) is 44.1 Å². The van der Waals surface area contributed by atoms with Crippen LogP contribution in [-0.4, -0.2) is 87.4 Å². The Balaban J connectivity index is 1.58. The molecular formula is C25H38N2O7S. The zero-order valence-corrected chi connectivity index (χ0v) is 21.3. The predicted molar refractivity (Wildman–Crippen MR) is 132 cm³/mol. The van der Waals surface area contributed by atoms with E-state index in [9.17, 15) is 9.59 Å². The van der Waals surface area contributed by atoms with Crippen LogP contribution in [0.5, 0.6) is 0 Å². The minimum Gasteiger partial charge on any atom is -0.459 e. The summed E-state index contributed by atoms with van der Waals surface area (Å²) in [5.74, 6) is 0.148. The summed E-state index contributed by atoms with van der Waals surface area (Å²) in [7, 11) is 0. The number of likely N-dealkylation sites (tertiary alicyclic amines) is 1. The Kier molecular flexibility index (Phi) is 12.0. The molecule has 1 aromatic heterocycles. The standard InChI is InChI=1S/C25H38N2O7S/c1-2-33-25-20(6-12-31-14-15-32-13-11-28)21(19-7-16-35-18-19)17-22(34-25)24(30)26-8-4-10-27-9-3-5-23(27)29/h7,16-18,20-21,25,28H,2-6,8-15H2,1H3,(H,26,30)/t20-,21-,25-/m1/s1. The third kappa shape index (κ3) is 8.57. The number of aliphatic hydroxyl groups excluding tert-OH is 1. The molecule has 0 saturated carbocycles. The van der Waals surface area contributed by atoms with Crippen LogP contribution >= 0.6 is 11.3 Å². The van der Waals surface area contributed by atoms with Crippen LogP contribution in [0.25, 0.3) is 0 Å². The van der Waals surface area contributed by atoms with Gasteiger partial charge in [0.2, 0.25) is 12.2 Å². The van der Waals surface area contributed by atoms with E-state index in [1.807, 2.05) is 23.3 Å². The first-order valence-electron chi connectivity index (χ1n) is 12.5. The van der Waals surface area contributed by atoms with Gasteiger partial charge in [0.15, 0.2) is 5.76 Å². The number of carbonyl (C=O) groups excluding carboxylic acids is 2. The first-order chi connectivity index (χ1) is 17.1. The van der Waals surface area contributed by atoms with E-state index < -0.39 is 6.29 Å². The molecule has 3 rings (SSSR count). The number of hydrogen-bond donors (Lipinski definition) is 2. The van der Waals surface area contributed by atoms with Gasteiger partial charge in [-0.05, 0) is 54.7 Å². The van der Waals surface area contributed by atoms with Crippen molar-refractivity contribution in [1.29, 1.82) is 0 Å². The van der Waals surface area contributed by atoms with Gasteiger partial charge in [-0.25, -0.2) is 0 Å². The molecule has 1 fully saturated rings. The van der Waals surface area contributed by atoms with Gasteiger partial charge in [0.1, 0.15) is 0 Å². The van der Waals surface area contributed by atoms with Crippen LogP contribution < -0.4 is 5.32 Å². The van der Waals surface area contributed by atoms with Gasteiger partial charge in [0.25, 0.3) is 5.91 Å². The minimum absolute atomic E-state index is 0.00185. The summed E-state index contributed by atoms with van der Waals surface area (Å²) >= 11 is 1.62. The van der Waals surface area contributed by atoms with Gasteiger partial charge in [-0.2, -0.15) is 11.3 Å². The summed E-state index contributed by atoms with van der Waals surface area (Å²) < 4.78 is 22.9. The third-order valence-corrected chi connectivity index (χ3v) is 6.83. The number of amides is 2. The molecule has 0 spiro atoms. The number of rotatable bonds is 16. The molecule has 0 bridgehead atoms. The maximum absolute atomic E-state index is 12.9. The second kappa shape index (κ2) is 15.2. The Morgan fingerprint density at radius 1 is 1.29 bits per heavy atom. The number of ether oxygens (including phenoxy) is 4. The highest BCUT2D eigenvalue weighted by Crippen LogP contribution is 2.39. The van der Waals surface area contributed by atoms with E-state index in [4.69, 9.17) is 24.1 Å². The average Bonchev–Trinajstić information content (AvgIpc) is 3.54. The molecule has 0 radical (unpaired) electrons. The van der Waals surface area contributed by atoms with E-state index in [0.717, 1.165) is 18.5 Å². The molecule has 3 atom stereocenters. The largest absolute Gasteiger partial charge is 0.459 e. The van der Waals surface area contributed by atoms with Crippen molar-refractivity contribution in [3.05, 3.63) is 34.2 Å². The molecule has 0 aromatic carbocycles. The SMILES string of the molecule is CCO[C@@H]1OC(C(=O)NCCCN2CCCC2=O)=C[C@H](c2ccsc2)[C@H]1CCOCCOCCO. The van der Waals surface area contributed by atoms with Gasteiger partial charge in [0, 0.05) is 51.1 Å². The lowest BCUT2D eigenvalue weighted by molar-refractivity contribution is -0.168. The predicted octanol–water partition coefficient (Wildman–Crippen LogP) is 2.27. The number of nitrogens with one attached hydrogen (secondary N) is 1. The highest BCUT2D eigenvalue weighted by molar-refractivity contribution is 7.08. The minimum atomic E-state index is -0.563. The molecule has 3 heterocycles. The van der Waals surface area contributed by atoms with Crippen molar-refractivity contribution in [2.45, 2.75) is 44.8 Å². The second-order valence-electron chi connectivity index (χ2n) is 8.55. The van der Waals surface area contributed by atoms with Gasteiger partial charge < -0.3 is 34.3 Å². The summed E-state index contributed by atoms with van der Waals surface area (Å²) in [6.45, 7) is 6.00. The van der Waals surface area contributed by atoms with Gasteiger partial charge in [-0.15, -0.1) is 0 Å². The topological polar surface area (TPSA) is 107 Å².